The Bertz CT molecular complexity index is 1360. The van der Waals surface area contributed by atoms with E-state index in [0.717, 1.165) is 46.3 Å². The van der Waals surface area contributed by atoms with Gasteiger partial charge in [0.25, 0.3) is 5.91 Å². The second kappa shape index (κ2) is 9.12. The SMILES string of the molecule is COc1ccc2[nH]c3c(c2c1)C[C@@]1(C)C(=O)N(CCCC2CCCCC2)C(=O)N1[C@@H]3c1cccc(O)c1. The zero-order chi connectivity index (χ0) is 25.7. The van der Waals surface area contributed by atoms with Crippen molar-refractivity contribution >= 4 is 22.8 Å². The van der Waals surface area contributed by atoms with Crippen LogP contribution in [0, 0.1) is 5.92 Å². The van der Waals surface area contributed by atoms with Crippen molar-refractivity contribution in [2.24, 2.45) is 5.92 Å². The zero-order valence-corrected chi connectivity index (χ0v) is 21.6. The fourth-order valence-electron chi connectivity index (χ4n) is 6.87. The maximum Gasteiger partial charge on any atom is 0.328 e. The van der Waals surface area contributed by atoms with Crippen molar-refractivity contribution in [2.45, 2.75) is 69.9 Å². The van der Waals surface area contributed by atoms with Crippen LogP contribution in [0.3, 0.4) is 0 Å². The average Bonchev–Trinajstić information content (AvgIpc) is 3.35. The van der Waals surface area contributed by atoms with Crippen molar-refractivity contribution < 1.29 is 19.4 Å². The molecular formula is C30H35N3O4. The predicted molar refractivity (Wildman–Crippen MR) is 142 cm³/mol. The van der Waals surface area contributed by atoms with Crippen molar-refractivity contribution in [3.05, 3.63) is 59.3 Å². The number of phenols is 1. The number of benzene rings is 2. The Morgan fingerprint density at radius 3 is 2.68 bits per heavy atom. The van der Waals surface area contributed by atoms with Gasteiger partial charge in [0, 0.05) is 29.6 Å². The summed E-state index contributed by atoms with van der Waals surface area (Å²) in [5, 5.41) is 11.3. The number of nitrogens with one attached hydrogen (secondary N) is 1. The first-order valence-electron chi connectivity index (χ1n) is 13.5. The fourth-order valence-corrected chi connectivity index (χ4v) is 6.87. The van der Waals surface area contributed by atoms with Crippen LogP contribution in [0.5, 0.6) is 11.5 Å². The molecule has 2 aromatic carbocycles. The first kappa shape index (κ1) is 23.9. The van der Waals surface area contributed by atoms with Gasteiger partial charge in [-0.2, -0.15) is 0 Å². The summed E-state index contributed by atoms with van der Waals surface area (Å²) in [5.74, 6) is 1.45. The molecule has 1 aromatic heterocycles. The zero-order valence-electron chi connectivity index (χ0n) is 21.6. The Morgan fingerprint density at radius 1 is 1.11 bits per heavy atom. The van der Waals surface area contributed by atoms with Crippen LogP contribution >= 0.6 is 0 Å². The molecule has 0 radical (unpaired) electrons. The van der Waals surface area contributed by atoms with E-state index in [1.807, 2.05) is 31.2 Å². The molecule has 1 aliphatic carbocycles. The van der Waals surface area contributed by atoms with Crippen LogP contribution in [-0.2, 0) is 11.2 Å². The number of fused-ring (bicyclic) bond motifs is 4. The van der Waals surface area contributed by atoms with Crippen LogP contribution < -0.4 is 4.74 Å². The van der Waals surface area contributed by atoms with Gasteiger partial charge in [0.1, 0.15) is 23.1 Å². The lowest BCUT2D eigenvalue weighted by molar-refractivity contribution is -0.133. The lowest BCUT2D eigenvalue weighted by atomic mass is 9.81. The van der Waals surface area contributed by atoms with Crippen LogP contribution in [0.4, 0.5) is 4.79 Å². The number of carbonyl (C=O) groups is 2. The van der Waals surface area contributed by atoms with Gasteiger partial charge >= 0.3 is 6.03 Å². The van der Waals surface area contributed by atoms with Gasteiger partial charge in [0.05, 0.1) is 7.11 Å². The van der Waals surface area contributed by atoms with Crippen LogP contribution in [-0.4, -0.2) is 51.0 Å². The molecule has 37 heavy (non-hydrogen) atoms. The Labute approximate surface area is 217 Å². The van der Waals surface area contributed by atoms with Gasteiger partial charge in [-0.3, -0.25) is 14.6 Å². The maximum atomic E-state index is 14.0. The van der Waals surface area contributed by atoms with Gasteiger partial charge < -0.3 is 14.8 Å². The minimum absolute atomic E-state index is 0.130. The smallest absolute Gasteiger partial charge is 0.328 e. The number of ether oxygens (including phenoxy) is 1. The van der Waals surface area contributed by atoms with Gasteiger partial charge in [-0.15, -0.1) is 0 Å². The molecule has 3 amide bonds. The highest BCUT2D eigenvalue weighted by Crippen LogP contribution is 2.49. The first-order valence-corrected chi connectivity index (χ1v) is 13.5. The molecule has 3 aliphatic rings. The number of amides is 3. The lowest BCUT2D eigenvalue weighted by Gasteiger charge is -2.42. The minimum Gasteiger partial charge on any atom is -0.508 e. The van der Waals surface area contributed by atoms with E-state index < -0.39 is 11.6 Å². The topological polar surface area (TPSA) is 85.9 Å². The number of nitrogens with zero attached hydrogens (tertiary/aromatic N) is 2. The first-order chi connectivity index (χ1) is 17.9. The number of aromatic amines is 1. The second-order valence-electron chi connectivity index (χ2n) is 11.1. The van der Waals surface area contributed by atoms with Crippen molar-refractivity contribution in [3.63, 3.8) is 0 Å². The number of methoxy groups -OCH3 is 1. The van der Waals surface area contributed by atoms with E-state index in [0.29, 0.717) is 18.9 Å². The van der Waals surface area contributed by atoms with E-state index >= 15 is 0 Å². The third-order valence-electron chi connectivity index (χ3n) is 8.78. The van der Waals surface area contributed by atoms with Crippen molar-refractivity contribution in [1.29, 1.82) is 0 Å². The molecule has 2 N–H and O–H groups in total. The predicted octanol–water partition coefficient (Wildman–Crippen LogP) is 5.91. The second-order valence-corrected chi connectivity index (χ2v) is 11.1. The molecule has 2 fully saturated rings. The highest BCUT2D eigenvalue weighted by Gasteiger charge is 2.60. The van der Waals surface area contributed by atoms with Gasteiger partial charge in [0.2, 0.25) is 0 Å². The number of urea groups is 1. The van der Waals surface area contributed by atoms with Gasteiger partial charge in [-0.05, 0) is 67.1 Å². The van der Waals surface area contributed by atoms with Crippen molar-refractivity contribution in [3.8, 4) is 11.5 Å². The number of aromatic hydroxyl groups is 1. The molecule has 0 spiro atoms. The molecule has 3 heterocycles. The molecule has 2 atom stereocenters. The lowest BCUT2D eigenvalue weighted by Crippen LogP contribution is -2.53. The number of hydrogen-bond acceptors (Lipinski definition) is 4. The fraction of sp³-hybridized carbons (Fsp3) is 0.467. The molecule has 1 saturated heterocycles. The number of imide groups is 1. The van der Waals surface area contributed by atoms with E-state index in [-0.39, 0.29) is 17.7 Å². The Morgan fingerprint density at radius 2 is 1.92 bits per heavy atom. The molecule has 194 valence electrons. The molecule has 7 heteroatoms. The monoisotopic (exact) mass is 501 g/mol. The molecule has 0 unspecified atom stereocenters. The Balaban J connectivity index is 1.39. The molecular weight excluding hydrogens is 466 g/mol. The Kier molecular flexibility index (Phi) is 5.89. The number of H-pyrrole nitrogens is 1. The van der Waals surface area contributed by atoms with Crippen LogP contribution in [0.1, 0.15) is 74.7 Å². The van der Waals surface area contributed by atoms with Crippen molar-refractivity contribution in [1.82, 2.24) is 14.8 Å². The third-order valence-corrected chi connectivity index (χ3v) is 8.78. The van der Waals surface area contributed by atoms with Gasteiger partial charge in [-0.25, -0.2) is 4.79 Å². The highest BCUT2D eigenvalue weighted by atomic mass is 16.5. The molecule has 6 rings (SSSR count). The largest absolute Gasteiger partial charge is 0.508 e. The number of hydrogen-bond donors (Lipinski definition) is 2. The molecule has 0 bridgehead atoms. The van der Waals surface area contributed by atoms with Gasteiger partial charge in [-0.1, -0.05) is 44.2 Å². The van der Waals surface area contributed by atoms with Crippen LogP contribution in [0.2, 0.25) is 0 Å². The summed E-state index contributed by atoms with van der Waals surface area (Å²) in [7, 11) is 1.64. The summed E-state index contributed by atoms with van der Waals surface area (Å²) in [4.78, 5) is 34.7. The van der Waals surface area contributed by atoms with E-state index in [4.69, 9.17) is 4.74 Å². The number of aromatic nitrogens is 1. The highest BCUT2D eigenvalue weighted by molar-refractivity contribution is 6.08. The van der Waals surface area contributed by atoms with E-state index in [1.54, 1.807) is 30.2 Å². The van der Waals surface area contributed by atoms with E-state index in [1.165, 1.54) is 37.0 Å². The van der Waals surface area contributed by atoms with Crippen LogP contribution in [0.15, 0.2) is 42.5 Å². The summed E-state index contributed by atoms with van der Waals surface area (Å²) >= 11 is 0. The third kappa shape index (κ3) is 3.87. The van der Waals surface area contributed by atoms with E-state index in [9.17, 15) is 14.7 Å². The Hall–Kier alpha value is -3.48. The van der Waals surface area contributed by atoms with Crippen LogP contribution in [0.25, 0.3) is 10.9 Å². The summed E-state index contributed by atoms with van der Waals surface area (Å²) in [6.45, 7) is 2.35. The summed E-state index contributed by atoms with van der Waals surface area (Å²) in [6, 6.07) is 12.1. The summed E-state index contributed by atoms with van der Waals surface area (Å²) < 4.78 is 5.48. The number of phenolic OH excluding ortho intramolecular Hbond substituents is 1. The molecule has 2 aliphatic heterocycles. The molecule has 7 nitrogen and oxygen atoms in total. The quantitative estimate of drug-likeness (QED) is 0.411. The van der Waals surface area contributed by atoms with Crippen molar-refractivity contribution in [2.75, 3.05) is 13.7 Å². The number of rotatable bonds is 6. The maximum absolute atomic E-state index is 14.0. The van der Waals surface area contributed by atoms with E-state index in [2.05, 4.69) is 4.98 Å². The minimum atomic E-state index is -1.01. The molecule has 1 saturated carbocycles. The summed E-state index contributed by atoms with van der Waals surface area (Å²) in [6.07, 6.45) is 8.76. The molecule has 3 aromatic rings. The normalized spacial score (nSPS) is 24.0. The average molecular weight is 502 g/mol. The summed E-state index contributed by atoms with van der Waals surface area (Å²) in [5.41, 5.74) is 2.60. The van der Waals surface area contributed by atoms with Gasteiger partial charge in [0.15, 0.2) is 0 Å². The number of carbonyl (C=O) groups excluding carboxylic acids is 2. The standard InChI is InChI=1S/C30H35N3O4/c1-30-18-24-23-17-22(37-2)13-14-25(23)31-26(24)27(20-11-6-12-21(34)16-20)33(30)29(36)32(28(30)35)15-7-10-19-8-4-3-5-9-19/h6,11-14,16-17,19,27,31,34H,3-5,7-10,15,18H2,1-2H3/t27-,30+/m1/s1.